The number of aryl methyl sites for hydroxylation is 1. The van der Waals surface area contributed by atoms with Crippen molar-refractivity contribution >= 4 is 40.1 Å². The van der Waals surface area contributed by atoms with Crippen molar-refractivity contribution in [3.8, 4) is 16.9 Å². The smallest absolute Gasteiger partial charge is 0.394 e. The molecule has 0 atom stereocenters. The number of aromatic nitrogens is 3. The van der Waals surface area contributed by atoms with Gasteiger partial charge in [0.1, 0.15) is 5.82 Å². The van der Waals surface area contributed by atoms with Gasteiger partial charge in [0, 0.05) is 86.5 Å². The van der Waals surface area contributed by atoms with E-state index in [1.165, 1.54) is 24.3 Å². The van der Waals surface area contributed by atoms with Crippen LogP contribution in [0.1, 0.15) is 47.8 Å². The Morgan fingerprint density at radius 1 is 1.00 bits per heavy atom. The van der Waals surface area contributed by atoms with Gasteiger partial charge in [-0.05, 0) is 72.6 Å². The Morgan fingerprint density at radius 2 is 1.80 bits per heavy atom. The maximum absolute atomic E-state index is 14.2. The Bertz CT molecular complexity index is 1980. The van der Waals surface area contributed by atoms with Crippen LogP contribution in [0, 0.1) is 11.7 Å². The second kappa shape index (κ2) is 13.3. The maximum atomic E-state index is 14.2. The van der Waals surface area contributed by atoms with E-state index in [9.17, 15) is 23.9 Å². The number of pyridine rings is 2. The minimum absolute atomic E-state index is 0.0828. The van der Waals surface area contributed by atoms with E-state index < -0.39 is 17.7 Å². The number of carbonyl (C=O) groups is 3. The van der Waals surface area contributed by atoms with Crippen molar-refractivity contribution in [1.29, 1.82) is 0 Å². The number of amides is 2. The standard InChI is InChI=1S/C37H39FN6O5/c1-3-24-19-39-9-8-29(24)30-16-27(35(45)42-13-11-41(12-14-42)34-32(49-2)18-28(38)20-40-34)15-26-17-31(44(33(26)30)21-23-6-7-23)25-5-4-10-43(22-25)36(46)37(47)48/h5,8-9,15-20,23H,3-4,6-7,10-14,21-22H2,1-2H3,(H,47,48). The number of piperazine rings is 1. The molecular weight excluding hydrogens is 627 g/mol. The first-order valence-electron chi connectivity index (χ1n) is 16.8. The number of carbonyl (C=O) groups excluding carboxylic acids is 2. The van der Waals surface area contributed by atoms with E-state index in [4.69, 9.17) is 4.74 Å². The van der Waals surface area contributed by atoms with E-state index in [0.717, 1.165) is 64.7 Å². The number of rotatable bonds is 8. The molecule has 1 saturated carbocycles. The zero-order valence-electron chi connectivity index (χ0n) is 27.7. The highest BCUT2D eigenvalue weighted by atomic mass is 19.1. The number of hydrogen-bond donors (Lipinski definition) is 1. The lowest BCUT2D eigenvalue weighted by Gasteiger charge is -2.36. The number of carboxylic acid groups (broad SMARTS) is 1. The molecule has 0 spiro atoms. The molecule has 11 nitrogen and oxygen atoms in total. The van der Waals surface area contributed by atoms with Crippen LogP contribution >= 0.6 is 0 Å². The second-order valence-electron chi connectivity index (χ2n) is 12.9. The zero-order chi connectivity index (χ0) is 34.2. The van der Waals surface area contributed by atoms with Crippen LogP contribution in [0.25, 0.3) is 27.6 Å². The first-order valence-corrected chi connectivity index (χ1v) is 16.8. The van der Waals surface area contributed by atoms with Gasteiger partial charge in [0.2, 0.25) is 0 Å². The van der Waals surface area contributed by atoms with E-state index in [0.29, 0.717) is 62.2 Å². The first kappa shape index (κ1) is 32.3. The monoisotopic (exact) mass is 666 g/mol. The van der Waals surface area contributed by atoms with Gasteiger partial charge in [-0.1, -0.05) is 13.0 Å². The van der Waals surface area contributed by atoms with E-state index in [1.807, 2.05) is 34.2 Å². The van der Waals surface area contributed by atoms with Gasteiger partial charge in [-0.25, -0.2) is 14.2 Å². The fourth-order valence-electron chi connectivity index (χ4n) is 7.07. The van der Waals surface area contributed by atoms with Gasteiger partial charge in [-0.15, -0.1) is 0 Å². The average Bonchev–Trinajstić information content (AvgIpc) is 3.89. The molecule has 3 aliphatic rings. The summed E-state index contributed by atoms with van der Waals surface area (Å²) < 4.78 is 21.5. The van der Waals surface area contributed by atoms with E-state index >= 15 is 0 Å². The van der Waals surface area contributed by atoms with E-state index in [2.05, 4.69) is 33.6 Å². The zero-order valence-corrected chi connectivity index (χ0v) is 27.7. The third kappa shape index (κ3) is 6.34. The molecule has 1 saturated heterocycles. The highest BCUT2D eigenvalue weighted by Gasteiger charge is 2.31. The molecule has 3 aromatic heterocycles. The number of benzene rings is 1. The molecule has 254 valence electrons. The van der Waals surface area contributed by atoms with Crippen LogP contribution in [0.5, 0.6) is 5.75 Å². The summed E-state index contributed by atoms with van der Waals surface area (Å²) >= 11 is 0. The van der Waals surface area contributed by atoms with Gasteiger partial charge in [-0.3, -0.25) is 14.6 Å². The number of aliphatic carboxylic acids is 1. The molecule has 2 aliphatic heterocycles. The van der Waals surface area contributed by atoms with Crippen molar-refractivity contribution < 1.29 is 28.6 Å². The number of nitrogens with zero attached hydrogens (tertiary/aromatic N) is 6. The summed E-state index contributed by atoms with van der Waals surface area (Å²) in [5, 5.41) is 10.3. The Kier molecular flexibility index (Phi) is 8.79. The molecule has 12 heteroatoms. The van der Waals surface area contributed by atoms with Crippen molar-refractivity contribution in [3.63, 3.8) is 0 Å². The van der Waals surface area contributed by atoms with Crippen LogP contribution in [-0.4, -0.2) is 93.6 Å². The highest BCUT2D eigenvalue weighted by molar-refractivity contribution is 6.31. The average molecular weight is 667 g/mol. The first-order chi connectivity index (χ1) is 23.7. The Hall–Kier alpha value is -5.26. The highest BCUT2D eigenvalue weighted by Crippen LogP contribution is 2.40. The predicted octanol–water partition coefficient (Wildman–Crippen LogP) is 4.88. The number of hydrogen-bond acceptors (Lipinski definition) is 7. The number of halogens is 1. The van der Waals surface area contributed by atoms with Crippen LogP contribution in [0.4, 0.5) is 10.2 Å². The van der Waals surface area contributed by atoms with Gasteiger partial charge in [0.15, 0.2) is 11.6 Å². The van der Waals surface area contributed by atoms with Gasteiger partial charge in [0.05, 0.1) is 18.8 Å². The number of methoxy groups -OCH3 is 1. The van der Waals surface area contributed by atoms with Crippen molar-refractivity contribution in [3.05, 3.63) is 77.6 Å². The fraction of sp³-hybridized carbons (Fsp3) is 0.378. The molecule has 2 fully saturated rings. The van der Waals surface area contributed by atoms with Crippen LogP contribution in [0.2, 0.25) is 0 Å². The molecule has 0 unspecified atom stereocenters. The third-order valence-corrected chi connectivity index (χ3v) is 9.79. The molecule has 5 heterocycles. The van der Waals surface area contributed by atoms with Crippen molar-refractivity contribution in [2.75, 3.05) is 51.3 Å². The summed E-state index contributed by atoms with van der Waals surface area (Å²) in [6, 6.07) is 9.37. The predicted molar refractivity (Wildman–Crippen MR) is 183 cm³/mol. The van der Waals surface area contributed by atoms with Gasteiger partial charge in [-0.2, -0.15) is 0 Å². The number of carboxylic acids is 1. The summed E-state index contributed by atoms with van der Waals surface area (Å²) in [4.78, 5) is 52.1. The minimum atomic E-state index is -1.45. The summed E-state index contributed by atoms with van der Waals surface area (Å²) in [5.41, 5.74) is 6.46. The van der Waals surface area contributed by atoms with E-state index in [1.54, 1.807) is 6.20 Å². The van der Waals surface area contributed by atoms with Gasteiger partial charge in [0.25, 0.3) is 5.91 Å². The molecule has 1 aromatic carbocycles. The Balaban J connectivity index is 1.28. The lowest BCUT2D eigenvalue weighted by Crippen LogP contribution is -2.49. The summed E-state index contributed by atoms with van der Waals surface area (Å²) in [5.74, 6) is -1.48. The molecule has 7 rings (SSSR count). The van der Waals surface area contributed by atoms with Crippen molar-refractivity contribution in [2.45, 2.75) is 39.2 Å². The largest absolute Gasteiger partial charge is 0.493 e. The van der Waals surface area contributed by atoms with Crippen molar-refractivity contribution in [1.82, 2.24) is 24.3 Å². The Labute approximate surface area is 283 Å². The Morgan fingerprint density at radius 3 is 2.51 bits per heavy atom. The molecule has 0 bridgehead atoms. The van der Waals surface area contributed by atoms with Crippen molar-refractivity contribution in [2.24, 2.45) is 5.92 Å². The summed E-state index contributed by atoms with van der Waals surface area (Å²) in [6.45, 7) is 5.39. The molecular formula is C37H39FN6O5. The molecule has 0 radical (unpaired) electrons. The van der Waals surface area contributed by atoms with Crippen LogP contribution in [0.3, 0.4) is 0 Å². The van der Waals surface area contributed by atoms with Crippen LogP contribution < -0.4 is 9.64 Å². The fourth-order valence-corrected chi connectivity index (χ4v) is 7.07. The third-order valence-electron chi connectivity index (χ3n) is 9.79. The minimum Gasteiger partial charge on any atom is -0.493 e. The summed E-state index contributed by atoms with van der Waals surface area (Å²) in [6.07, 6.45) is 10.5. The van der Waals surface area contributed by atoms with Gasteiger partial charge >= 0.3 is 11.9 Å². The molecule has 1 N–H and O–H groups in total. The lowest BCUT2D eigenvalue weighted by molar-refractivity contribution is -0.155. The molecule has 2 amide bonds. The molecule has 4 aromatic rings. The lowest BCUT2D eigenvalue weighted by atomic mass is 9.95. The number of ether oxygens (including phenoxy) is 1. The van der Waals surface area contributed by atoms with E-state index in [-0.39, 0.29) is 12.5 Å². The van der Waals surface area contributed by atoms with Gasteiger partial charge < -0.3 is 29.1 Å². The SMILES string of the molecule is CCc1cnccc1-c1cc(C(=O)N2CCN(c3ncc(F)cc3OC)CC2)cc2cc(C3=CCCN(C(=O)C(=O)O)C3)n(CC3CC3)c12. The number of anilines is 1. The van der Waals surface area contributed by atoms with Crippen LogP contribution in [-0.2, 0) is 22.6 Å². The quantitative estimate of drug-likeness (QED) is 0.264. The number of fused-ring (bicyclic) bond motifs is 1. The van der Waals surface area contributed by atoms with Crippen LogP contribution in [0.15, 0.2) is 55.0 Å². The summed E-state index contributed by atoms with van der Waals surface area (Å²) in [7, 11) is 1.49. The topological polar surface area (TPSA) is 121 Å². The normalized spacial score (nSPS) is 16.6. The molecule has 49 heavy (non-hydrogen) atoms. The second-order valence-corrected chi connectivity index (χ2v) is 12.9. The maximum Gasteiger partial charge on any atom is 0.394 e. The molecule has 1 aliphatic carbocycles.